The average molecular weight is 357 g/mol. The molecule has 140 valence electrons. The van der Waals surface area contributed by atoms with Gasteiger partial charge in [-0.25, -0.2) is 0 Å². The number of nitrogens with one attached hydrogen (secondary N) is 1. The third-order valence-corrected chi connectivity index (χ3v) is 5.15. The Hall–Kier alpha value is -2.41. The molecule has 0 aliphatic carbocycles. The van der Waals surface area contributed by atoms with E-state index in [1.807, 2.05) is 25.0 Å². The van der Waals surface area contributed by atoms with Crippen LogP contribution in [0.3, 0.4) is 0 Å². The van der Waals surface area contributed by atoms with Crippen molar-refractivity contribution < 1.29 is 4.79 Å². The molecule has 2 aromatic heterocycles. The summed E-state index contributed by atoms with van der Waals surface area (Å²) in [5.74, 6) is 0.215. The number of rotatable bonds is 4. The summed E-state index contributed by atoms with van der Waals surface area (Å²) in [6, 6.07) is 3.34. The predicted molar refractivity (Wildman–Crippen MR) is 100 cm³/mol. The second-order valence-corrected chi connectivity index (χ2v) is 7.38. The Labute approximate surface area is 153 Å². The first-order valence-corrected chi connectivity index (χ1v) is 9.00. The summed E-state index contributed by atoms with van der Waals surface area (Å²) in [6.07, 6.45) is 6.16. The number of piperidine rings is 1. The van der Waals surface area contributed by atoms with E-state index in [-0.39, 0.29) is 17.5 Å². The number of likely N-dealkylation sites (tertiary alicyclic amines) is 1. The summed E-state index contributed by atoms with van der Waals surface area (Å²) in [6.45, 7) is 3.47. The summed E-state index contributed by atoms with van der Waals surface area (Å²) in [7, 11) is 5.87. The quantitative estimate of drug-likeness (QED) is 0.901. The van der Waals surface area contributed by atoms with E-state index in [1.165, 1.54) is 11.6 Å². The van der Waals surface area contributed by atoms with Crippen molar-refractivity contribution in [3.63, 3.8) is 0 Å². The number of hydrogen-bond acceptors (Lipinski definition) is 4. The number of pyridine rings is 1. The van der Waals surface area contributed by atoms with Crippen molar-refractivity contribution in [3.05, 3.63) is 51.7 Å². The second-order valence-electron chi connectivity index (χ2n) is 7.38. The van der Waals surface area contributed by atoms with Crippen LogP contribution >= 0.6 is 0 Å². The van der Waals surface area contributed by atoms with Crippen LogP contribution in [0.25, 0.3) is 0 Å². The van der Waals surface area contributed by atoms with Gasteiger partial charge in [-0.05, 0) is 45.3 Å². The van der Waals surface area contributed by atoms with Crippen LogP contribution in [0.15, 0.2) is 29.3 Å². The Morgan fingerprint density at radius 1 is 1.38 bits per heavy atom. The minimum absolute atomic E-state index is 0.114. The van der Waals surface area contributed by atoms with Gasteiger partial charge in [0.2, 0.25) is 5.56 Å². The first-order chi connectivity index (χ1) is 12.3. The Balaban J connectivity index is 1.78. The molecule has 0 unspecified atom stereocenters. The highest BCUT2D eigenvalue weighted by molar-refractivity contribution is 5.94. The van der Waals surface area contributed by atoms with E-state index >= 15 is 0 Å². The zero-order valence-corrected chi connectivity index (χ0v) is 15.9. The van der Waals surface area contributed by atoms with Crippen LogP contribution in [0.4, 0.5) is 0 Å². The van der Waals surface area contributed by atoms with Gasteiger partial charge in [-0.15, -0.1) is 0 Å². The lowest BCUT2D eigenvalue weighted by Crippen LogP contribution is -2.42. The molecule has 26 heavy (non-hydrogen) atoms. The molecular weight excluding hydrogens is 330 g/mol. The number of amides is 1. The van der Waals surface area contributed by atoms with Crippen LogP contribution in [0.2, 0.25) is 0 Å². The molecule has 7 nitrogen and oxygen atoms in total. The summed E-state index contributed by atoms with van der Waals surface area (Å²) < 4.78 is 1.82. The van der Waals surface area contributed by atoms with Crippen molar-refractivity contribution in [1.82, 2.24) is 24.6 Å². The van der Waals surface area contributed by atoms with Gasteiger partial charge >= 0.3 is 0 Å². The van der Waals surface area contributed by atoms with Gasteiger partial charge in [-0.1, -0.05) is 0 Å². The minimum Gasteiger partial charge on any atom is -0.341 e. The van der Waals surface area contributed by atoms with Gasteiger partial charge in [-0.2, -0.15) is 5.10 Å². The number of hydrogen-bond donors (Lipinski definition) is 1. The van der Waals surface area contributed by atoms with Crippen molar-refractivity contribution in [2.45, 2.75) is 25.8 Å². The number of aryl methyl sites for hydroxylation is 2. The molecule has 1 fully saturated rings. The molecule has 1 amide bonds. The highest BCUT2D eigenvalue weighted by atomic mass is 16.2. The normalized spacial score (nSPS) is 20.9. The fourth-order valence-electron chi connectivity index (χ4n) is 4.03. The van der Waals surface area contributed by atoms with Crippen LogP contribution in [0.5, 0.6) is 0 Å². The number of aromatic nitrogens is 3. The third kappa shape index (κ3) is 3.88. The fourth-order valence-corrected chi connectivity index (χ4v) is 4.03. The Morgan fingerprint density at radius 3 is 2.81 bits per heavy atom. The van der Waals surface area contributed by atoms with E-state index in [0.717, 1.165) is 19.4 Å². The van der Waals surface area contributed by atoms with Crippen LogP contribution in [0.1, 0.15) is 40.5 Å². The number of nitrogens with zero attached hydrogens (tertiary/aromatic N) is 4. The molecular formula is C19H27N5O2. The highest BCUT2D eigenvalue weighted by Crippen LogP contribution is 2.35. The smallest absolute Gasteiger partial charge is 0.253 e. The lowest BCUT2D eigenvalue weighted by molar-refractivity contribution is 0.0645. The standard InChI is InChI=1S/C19H27N5O2/c1-13-8-15(9-17(25)21-13)19(26)23(3)11-14-6-5-7-22(2)18(14)16-10-20-24(4)12-16/h8-10,12,14,18H,5-7,11H2,1-4H3,(H,21,25)/t14-,18+/m0/s1. The molecule has 2 atom stereocenters. The Bertz CT molecular complexity index is 840. The molecule has 0 bridgehead atoms. The van der Waals surface area contributed by atoms with Crippen molar-refractivity contribution >= 4 is 5.91 Å². The van der Waals surface area contributed by atoms with E-state index in [0.29, 0.717) is 23.7 Å². The number of carbonyl (C=O) groups excluding carboxylic acids is 1. The molecule has 1 aliphatic rings. The Morgan fingerprint density at radius 2 is 2.15 bits per heavy atom. The molecule has 3 rings (SSSR count). The van der Waals surface area contributed by atoms with E-state index in [2.05, 4.69) is 28.2 Å². The van der Waals surface area contributed by atoms with Crippen LogP contribution < -0.4 is 5.56 Å². The van der Waals surface area contributed by atoms with E-state index in [9.17, 15) is 9.59 Å². The second kappa shape index (κ2) is 7.45. The highest BCUT2D eigenvalue weighted by Gasteiger charge is 2.33. The summed E-state index contributed by atoms with van der Waals surface area (Å²) in [5.41, 5.74) is 2.08. The summed E-state index contributed by atoms with van der Waals surface area (Å²) in [4.78, 5) is 31.2. The summed E-state index contributed by atoms with van der Waals surface area (Å²) >= 11 is 0. The monoisotopic (exact) mass is 357 g/mol. The molecule has 0 spiro atoms. The maximum atomic E-state index is 12.8. The fraction of sp³-hybridized carbons (Fsp3) is 0.526. The summed E-state index contributed by atoms with van der Waals surface area (Å²) in [5, 5.41) is 4.31. The van der Waals surface area contributed by atoms with Crippen LogP contribution in [-0.4, -0.2) is 57.7 Å². The van der Waals surface area contributed by atoms with Gasteiger partial charge < -0.3 is 9.88 Å². The van der Waals surface area contributed by atoms with Gasteiger partial charge in [0.15, 0.2) is 0 Å². The van der Waals surface area contributed by atoms with Gasteiger partial charge in [-0.3, -0.25) is 19.2 Å². The van der Waals surface area contributed by atoms with Crippen molar-refractivity contribution in [2.24, 2.45) is 13.0 Å². The molecule has 1 aliphatic heterocycles. The largest absolute Gasteiger partial charge is 0.341 e. The predicted octanol–water partition coefficient (Wildman–Crippen LogP) is 1.57. The van der Waals surface area contributed by atoms with E-state index < -0.39 is 0 Å². The maximum absolute atomic E-state index is 12.8. The lowest BCUT2D eigenvalue weighted by Gasteiger charge is -2.40. The molecule has 2 aromatic rings. The number of aromatic amines is 1. The molecule has 1 N–H and O–H groups in total. The molecule has 1 saturated heterocycles. The minimum atomic E-state index is -0.243. The molecule has 7 heteroatoms. The van der Waals surface area contributed by atoms with Gasteiger partial charge in [0.1, 0.15) is 0 Å². The van der Waals surface area contributed by atoms with E-state index in [1.54, 1.807) is 17.9 Å². The number of H-pyrrole nitrogens is 1. The third-order valence-electron chi connectivity index (χ3n) is 5.15. The molecule has 0 aromatic carbocycles. The molecule has 3 heterocycles. The van der Waals surface area contributed by atoms with Crippen molar-refractivity contribution in [2.75, 3.05) is 27.2 Å². The SMILES string of the molecule is Cc1cc(C(=O)N(C)C[C@@H]2CCCN(C)[C@H]2c2cnn(C)c2)cc(=O)[nH]1. The van der Waals surface area contributed by atoms with Gasteiger partial charge in [0.25, 0.3) is 5.91 Å². The molecule has 0 saturated carbocycles. The molecule has 0 radical (unpaired) electrons. The van der Waals surface area contributed by atoms with Crippen LogP contribution in [-0.2, 0) is 7.05 Å². The van der Waals surface area contributed by atoms with Gasteiger partial charge in [0.05, 0.1) is 6.20 Å². The first-order valence-electron chi connectivity index (χ1n) is 9.00. The van der Waals surface area contributed by atoms with Crippen LogP contribution in [0, 0.1) is 12.8 Å². The van der Waals surface area contributed by atoms with E-state index in [4.69, 9.17) is 0 Å². The first kappa shape index (κ1) is 18.4. The maximum Gasteiger partial charge on any atom is 0.253 e. The van der Waals surface area contributed by atoms with Crippen molar-refractivity contribution in [1.29, 1.82) is 0 Å². The topological polar surface area (TPSA) is 74.2 Å². The average Bonchev–Trinajstić information content (AvgIpc) is 2.99. The zero-order chi connectivity index (χ0) is 18.8. The Kier molecular flexibility index (Phi) is 5.27. The zero-order valence-electron chi connectivity index (χ0n) is 15.9. The van der Waals surface area contributed by atoms with Gasteiger partial charge in [0, 0.05) is 55.8 Å². The van der Waals surface area contributed by atoms with Crippen molar-refractivity contribution in [3.8, 4) is 0 Å². The lowest BCUT2D eigenvalue weighted by atomic mass is 9.85. The number of carbonyl (C=O) groups is 1.